The lowest BCUT2D eigenvalue weighted by molar-refractivity contribution is -0.137. The Morgan fingerprint density at radius 3 is 2.42 bits per heavy atom. The highest BCUT2D eigenvalue weighted by atomic mass is 32.2. The topological polar surface area (TPSA) is 91.8 Å². The van der Waals surface area contributed by atoms with Gasteiger partial charge in [-0.2, -0.15) is 0 Å². The van der Waals surface area contributed by atoms with Gasteiger partial charge in [-0.1, -0.05) is 18.2 Å². The van der Waals surface area contributed by atoms with Gasteiger partial charge >= 0.3 is 5.97 Å². The van der Waals surface area contributed by atoms with Crippen LogP contribution < -0.4 is 0 Å². The van der Waals surface area contributed by atoms with E-state index in [1.807, 2.05) is 0 Å². The number of nitrogens with zero attached hydrogens (tertiary/aromatic N) is 1. The van der Waals surface area contributed by atoms with Crippen molar-refractivity contribution in [2.75, 3.05) is 13.6 Å². The molecule has 0 fully saturated rings. The van der Waals surface area contributed by atoms with Crippen molar-refractivity contribution in [3.63, 3.8) is 0 Å². The molecule has 1 aromatic heterocycles. The first-order chi connectivity index (χ1) is 11.3. The molecule has 0 saturated heterocycles. The largest absolute Gasteiger partial charge is 0.481 e. The van der Waals surface area contributed by atoms with Crippen molar-refractivity contribution < 1.29 is 23.1 Å². The van der Waals surface area contributed by atoms with Crippen LogP contribution in [0.2, 0.25) is 0 Å². The van der Waals surface area contributed by atoms with Crippen LogP contribution in [0.15, 0.2) is 51.6 Å². The normalized spacial score (nSPS) is 11.2. The van der Waals surface area contributed by atoms with Gasteiger partial charge in [-0.05, 0) is 30.7 Å². The van der Waals surface area contributed by atoms with E-state index in [2.05, 4.69) is 0 Å². The standard InChI is InChI=1S/C16H17NO5S2/c1-17(11-5-8-14(18)19)16(20)13-9-10-15(23-13)24(21,22)12-6-3-2-4-7-12/h2-4,6-7,9-10H,5,8,11H2,1H3,(H,18,19). The van der Waals surface area contributed by atoms with Gasteiger partial charge in [0.25, 0.3) is 5.91 Å². The molecule has 1 N–H and O–H groups in total. The third-order valence-corrected chi connectivity index (χ3v) is 6.68. The van der Waals surface area contributed by atoms with E-state index in [1.54, 1.807) is 25.2 Å². The van der Waals surface area contributed by atoms with Gasteiger partial charge in [0.15, 0.2) is 0 Å². The van der Waals surface area contributed by atoms with E-state index in [-0.39, 0.29) is 21.4 Å². The van der Waals surface area contributed by atoms with Crippen molar-refractivity contribution in [3.8, 4) is 0 Å². The molecule has 6 nitrogen and oxygen atoms in total. The molecule has 2 aromatic rings. The molecule has 128 valence electrons. The maximum Gasteiger partial charge on any atom is 0.303 e. The molecule has 1 amide bonds. The molecule has 2 rings (SSSR count). The molecule has 0 radical (unpaired) electrons. The van der Waals surface area contributed by atoms with E-state index in [9.17, 15) is 18.0 Å². The second-order valence-corrected chi connectivity index (χ2v) is 8.42. The average molecular weight is 367 g/mol. The van der Waals surface area contributed by atoms with Crippen LogP contribution in [0.25, 0.3) is 0 Å². The predicted octanol–water partition coefficient (Wildman–Crippen LogP) is 2.52. The van der Waals surface area contributed by atoms with E-state index in [0.717, 1.165) is 11.3 Å². The second-order valence-electron chi connectivity index (χ2n) is 5.16. The van der Waals surface area contributed by atoms with Gasteiger partial charge < -0.3 is 10.0 Å². The number of carboxylic acid groups (broad SMARTS) is 1. The first-order valence-electron chi connectivity index (χ1n) is 7.19. The Hall–Kier alpha value is -2.19. The van der Waals surface area contributed by atoms with Crippen LogP contribution in [0.1, 0.15) is 22.5 Å². The molecule has 0 saturated carbocycles. The highest BCUT2D eigenvalue weighted by Crippen LogP contribution is 2.28. The molecule has 0 aliphatic heterocycles. The van der Waals surface area contributed by atoms with Gasteiger partial charge in [-0.25, -0.2) is 8.42 Å². The molecule has 0 spiro atoms. The highest BCUT2D eigenvalue weighted by molar-refractivity contribution is 7.93. The number of sulfone groups is 1. The molecule has 1 aromatic carbocycles. The molecule has 0 bridgehead atoms. The fourth-order valence-corrected chi connectivity index (χ4v) is 4.78. The van der Waals surface area contributed by atoms with Crippen LogP contribution in [-0.4, -0.2) is 43.9 Å². The molecule has 0 unspecified atom stereocenters. The van der Waals surface area contributed by atoms with Crippen molar-refractivity contribution in [1.29, 1.82) is 0 Å². The van der Waals surface area contributed by atoms with Gasteiger partial charge in [0, 0.05) is 20.0 Å². The van der Waals surface area contributed by atoms with Gasteiger partial charge in [0.1, 0.15) is 4.21 Å². The summed E-state index contributed by atoms with van der Waals surface area (Å²) in [5, 5.41) is 8.62. The number of aliphatic carboxylic acids is 1. The molecule has 0 aliphatic rings. The predicted molar refractivity (Wildman–Crippen MR) is 90.0 cm³/mol. The lowest BCUT2D eigenvalue weighted by Crippen LogP contribution is -2.27. The van der Waals surface area contributed by atoms with Crippen molar-refractivity contribution in [2.24, 2.45) is 0 Å². The summed E-state index contributed by atoms with van der Waals surface area (Å²) in [5.74, 6) is -1.23. The number of carboxylic acids is 1. The Balaban J connectivity index is 2.13. The van der Waals surface area contributed by atoms with Crippen LogP contribution in [0, 0.1) is 0 Å². The van der Waals surface area contributed by atoms with Crippen LogP contribution >= 0.6 is 11.3 Å². The number of hydrogen-bond acceptors (Lipinski definition) is 5. The smallest absolute Gasteiger partial charge is 0.303 e. The third kappa shape index (κ3) is 4.21. The number of carbonyl (C=O) groups is 2. The zero-order valence-corrected chi connectivity index (χ0v) is 14.6. The SMILES string of the molecule is CN(CCCC(=O)O)C(=O)c1ccc(S(=O)(=O)c2ccccc2)s1. The second kappa shape index (κ2) is 7.59. The summed E-state index contributed by atoms with van der Waals surface area (Å²) in [6.07, 6.45) is 0.327. The van der Waals surface area contributed by atoms with Crippen LogP contribution in [-0.2, 0) is 14.6 Å². The monoisotopic (exact) mass is 367 g/mol. The summed E-state index contributed by atoms with van der Waals surface area (Å²) >= 11 is 0.915. The number of benzene rings is 1. The van der Waals surface area contributed by atoms with Crippen molar-refractivity contribution >= 4 is 33.1 Å². The fourth-order valence-electron chi connectivity index (χ4n) is 2.05. The molecule has 0 atom stereocenters. The highest BCUT2D eigenvalue weighted by Gasteiger charge is 2.22. The molecule has 1 heterocycles. The Morgan fingerprint density at radius 2 is 1.79 bits per heavy atom. The van der Waals surface area contributed by atoms with Crippen LogP contribution in [0.3, 0.4) is 0 Å². The van der Waals surface area contributed by atoms with Crippen LogP contribution in [0.5, 0.6) is 0 Å². The Labute approximate surface area is 144 Å². The number of hydrogen-bond donors (Lipinski definition) is 1. The van der Waals surface area contributed by atoms with Gasteiger partial charge in [0.05, 0.1) is 9.77 Å². The first kappa shape index (κ1) is 18.2. The summed E-state index contributed by atoms with van der Waals surface area (Å²) in [6.45, 7) is 0.295. The van der Waals surface area contributed by atoms with Crippen molar-refractivity contribution in [2.45, 2.75) is 21.9 Å². The molecule has 24 heavy (non-hydrogen) atoms. The lowest BCUT2D eigenvalue weighted by atomic mass is 10.3. The first-order valence-corrected chi connectivity index (χ1v) is 9.49. The summed E-state index contributed by atoms with van der Waals surface area (Å²) in [5.41, 5.74) is 0. The van der Waals surface area contributed by atoms with E-state index < -0.39 is 15.8 Å². The minimum Gasteiger partial charge on any atom is -0.481 e. The third-order valence-electron chi connectivity index (χ3n) is 3.34. The molecular formula is C16H17NO5S2. The van der Waals surface area contributed by atoms with Crippen molar-refractivity contribution in [3.05, 3.63) is 47.3 Å². The molecule has 0 aliphatic carbocycles. The number of carbonyl (C=O) groups excluding carboxylic acids is 1. The van der Waals surface area contributed by atoms with E-state index >= 15 is 0 Å². The number of thiophene rings is 1. The lowest BCUT2D eigenvalue weighted by Gasteiger charge is -2.15. The van der Waals surface area contributed by atoms with E-state index in [1.165, 1.54) is 29.2 Å². The Bertz CT molecular complexity index is 827. The summed E-state index contributed by atoms with van der Waals surface area (Å²) in [6, 6.07) is 10.9. The maximum absolute atomic E-state index is 12.5. The summed E-state index contributed by atoms with van der Waals surface area (Å²) in [7, 11) is -2.07. The average Bonchev–Trinajstić information content (AvgIpc) is 3.05. The Morgan fingerprint density at radius 1 is 1.12 bits per heavy atom. The van der Waals surface area contributed by atoms with Gasteiger partial charge in [0.2, 0.25) is 9.84 Å². The fraction of sp³-hybridized carbons (Fsp3) is 0.250. The van der Waals surface area contributed by atoms with Crippen molar-refractivity contribution in [1.82, 2.24) is 4.90 Å². The summed E-state index contributed by atoms with van der Waals surface area (Å²) < 4.78 is 25.1. The maximum atomic E-state index is 12.5. The Kier molecular flexibility index (Phi) is 5.74. The van der Waals surface area contributed by atoms with Gasteiger partial charge in [-0.3, -0.25) is 9.59 Å². The van der Waals surface area contributed by atoms with E-state index in [0.29, 0.717) is 17.8 Å². The molecular weight excluding hydrogens is 350 g/mol. The number of amides is 1. The van der Waals surface area contributed by atoms with Gasteiger partial charge in [-0.15, -0.1) is 11.3 Å². The zero-order chi connectivity index (χ0) is 17.7. The molecule has 8 heteroatoms. The zero-order valence-electron chi connectivity index (χ0n) is 13.0. The summed E-state index contributed by atoms with van der Waals surface area (Å²) in [4.78, 5) is 24.7. The van der Waals surface area contributed by atoms with Crippen LogP contribution in [0.4, 0.5) is 0 Å². The minimum absolute atomic E-state index is 0.0182. The van der Waals surface area contributed by atoms with E-state index in [4.69, 9.17) is 5.11 Å². The number of rotatable bonds is 7. The minimum atomic E-state index is -3.64. The quantitative estimate of drug-likeness (QED) is 0.812.